The zero-order chi connectivity index (χ0) is 13.7. The van der Waals surface area contributed by atoms with Gasteiger partial charge in [0, 0.05) is 11.4 Å². The van der Waals surface area contributed by atoms with Gasteiger partial charge in [-0.1, -0.05) is 36.2 Å². The number of aromatic nitrogens is 2. The maximum atomic E-state index is 9.20. The first kappa shape index (κ1) is 14.3. The van der Waals surface area contributed by atoms with Crippen LogP contribution in [0.4, 0.5) is 0 Å². The molecule has 0 amide bonds. The minimum atomic E-state index is 0.214. The van der Waals surface area contributed by atoms with Crippen LogP contribution in [0, 0.1) is 13.8 Å². The molecule has 104 valence electrons. The van der Waals surface area contributed by atoms with Gasteiger partial charge in [0.25, 0.3) is 0 Å². The average Bonchev–Trinajstić information content (AvgIpc) is 2.32. The third-order valence-corrected chi connectivity index (χ3v) is 4.54. The van der Waals surface area contributed by atoms with E-state index in [1.54, 1.807) is 11.8 Å². The molecule has 1 N–H and O–H groups in total. The fourth-order valence-electron chi connectivity index (χ4n) is 2.43. The second-order valence-electron chi connectivity index (χ2n) is 5.08. The molecule has 5 heteroatoms. The molecule has 0 radical (unpaired) electrons. The summed E-state index contributed by atoms with van der Waals surface area (Å²) >= 11 is 1.64. The molecule has 0 spiro atoms. The monoisotopic (exact) mass is 279 g/mol. The van der Waals surface area contributed by atoms with E-state index in [-0.39, 0.29) is 5.25 Å². The van der Waals surface area contributed by atoms with E-state index in [0.29, 0.717) is 0 Å². The quantitative estimate of drug-likeness (QED) is 0.509. The molecule has 2 rings (SSSR count). The maximum absolute atomic E-state index is 9.20. The van der Waals surface area contributed by atoms with Crippen LogP contribution in [0.25, 0.3) is 0 Å². The number of aryl methyl sites for hydroxylation is 2. The standard InChI is InChI=1S/C14H21N3OS/c1-10-9-11(2)16-14(15-10)19-13-8-6-4-3-5-7-12(13)17-18/h9,13,18H,3-8H2,1-2H3/b17-12-. The van der Waals surface area contributed by atoms with Crippen LogP contribution in [0.1, 0.15) is 49.9 Å². The second-order valence-corrected chi connectivity index (χ2v) is 6.25. The molecule has 1 atom stereocenters. The molecule has 0 aromatic carbocycles. The first-order valence-corrected chi connectivity index (χ1v) is 7.77. The van der Waals surface area contributed by atoms with Crippen LogP contribution in [0.15, 0.2) is 16.4 Å². The highest BCUT2D eigenvalue weighted by Gasteiger charge is 2.21. The van der Waals surface area contributed by atoms with Gasteiger partial charge in [-0.2, -0.15) is 0 Å². The Morgan fingerprint density at radius 1 is 1.16 bits per heavy atom. The predicted octanol–water partition coefficient (Wildman–Crippen LogP) is 3.74. The summed E-state index contributed by atoms with van der Waals surface area (Å²) in [6.45, 7) is 3.97. The Morgan fingerprint density at radius 2 is 1.84 bits per heavy atom. The smallest absolute Gasteiger partial charge is 0.188 e. The van der Waals surface area contributed by atoms with E-state index < -0.39 is 0 Å². The van der Waals surface area contributed by atoms with Gasteiger partial charge >= 0.3 is 0 Å². The lowest BCUT2D eigenvalue weighted by Gasteiger charge is -2.19. The normalized spacial score (nSPS) is 23.1. The first-order chi connectivity index (χ1) is 9.19. The average molecular weight is 279 g/mol. The number of thioether (sulfide) groups is 1. The molecular weight excluding hydrogens is 258 g/mol. The van der Waals surface area contributed by atoms with Gasteiger partial charge in [0.1, 0.15) is 0 Å². The van der Waals surface area contributed by atoms with Crippen LogP contribution in [0.3, 0.4) is 0 Å². The fourth-order valence-corrected chi connectivity index (χ4v) is 3.67. The van der Waals surface area contributed by atoms with Crippen molar-refractivity contribution in [1.82, 2.24) is 9.97 Å². The first-order valence-electron chi connectivity index (χ1n) is 6.89. The van der Waals surface area contributed by atoms with E-state index in [1.165, 1.54) is 19.3 Å². The van der Waals surface area contributed by atoms with Crippen LogP contribution in [0.5, 0.6) is 0 Å². The van der Waals surface area contributed by atoms with Crippen molar-refractivity contribution in [3.8, 4) is 0 Å². The second kappa shape index (κ2) is 6.89. The molecule has 19 heavy (non-hydrogen) atoms. The Labute approximate surface area is 118 Å². The molecule has 1 aromatic heterocycles. The van der Waals surface area contributed by atoms with Crippen molar-refractivity contribution >= 4 is 17.5 Å². The number of rotatable bonds is 2. The molecule has 1 unspecified atom stereocenters. The van der Waals surface area contributed by atoms with Gasteiger partial charge in [-0.15, -0.1) is 0 Å². The summed E-state index contributed by atoms with van der Waals surface area (Å²) < 4.78 is 0. The molecule has 1 fully saturated rings. The highest BCUT2D eigenvalue weighted by molar-refractivity contribution is 8.00. The van der Waals surface area contributed by atoms with Crippen molar-refractivity contribution in [2.45, 2.75) is 62.8 Å². The van der Waals surface area contributed by atoms with Gasteiger partial charge in [-0.05, 0) is 39.2 Å². The van der Waals surface area contributed by atoms with Crippen molar-refractivity contribution in [1.29, 1.82) is 0 Å². The Balaban J connectivity index is 2.13. The molecule has 0 aliphatic heterocycles. The number of nitrogens with zero attached hydrogens (tertiary/aromatic N) is 3. The number of oxime groups is 1. The molecular formula is C14H21N3OS. The molecule has 0 saturated heterocycles. The maximum Gasteiger partial charge on any atom is 0.188 e. The van der Waals surface area contributed by atoms with Crippen LogP contribution >= 0.6 is 11.8 Å². The zero-order valence-electron chi connectivity index (χ0n) is 11.6. The summed E-state index contributed by atoms with van der Waals surface area (Å²) in [5.41, 5.74) is 2.87. The van der Waals surface area contributed by atoms with E-state index in [4.69, 9.17) is 0 Å². The lowest BCUT2D eigenvalue weighted by Crippen LogP contribution is -2.19. The Morgan fingerprint density at radius 3 is 2.53 bits per heavy atom. The Hall–Kier alpha value is -1.10. The summed E-state index contributed by atoms with van der Waals surface area (Å²) in [6.07, 6.45) is 6.73. The highest BCUT2D eigenvalue weighted by Crippen LogP contribution is 2.29. The van der Waals surface area contributed by atoms with Gasteiger partial charge < -0.3 is 5.21 Å². The van der Waals surface area contributed by atoms with Crippen LogP contribution in [-0.2, 0) is 0 Å². The van der Waals surface area contributed by atoms with Crippen LogP contribution in [-0.4, -0.2) is 26.1 Å². The van der Waals surface area contributed by atoms with E-state index in [0.717, 1.165) is 41.5 Å². The van der Waals surface area contributed by atoms with Crippen molar-refractivity contribution < 1.29 is 5.21 Å². The number of hydrogen-bond acceptors (Lipinski definition) is 5. The van der Waals surface area contributed by atoms with Crippen molar-refractivity contribution in [2.75, 3.05) is 0 Å². The molecule has 4 nitrogen and oxygen atoms in total. The van der Waals surface area contributed by atoms with Crippen molar-refractivity contribution in [3.63, 3.8) is 0 Å². The van der Waals surface area contributed by atoms with Crippen LogP contribution in [0.2, 0.25) is 0 Å². The van der Waals surface area contributed by atoms with Crippen molar-refractivity contribution in [2.24, 2.45) is 5.16 Å². The third kappa shape index (κ3) is 4.20. The minimum absolute atomic E-state index is 0.214. The third-order valence-electron chi connectivity index (χ3n) is 3.36. The summed E-state index contributed by atoms with van der Waals surface area (Å²) in [4.78, 5) is 8.93. The Bertz CT molecular complexity index is 442. The lowest BCUT2D eigenvalue weighted by atomic mass is 9.99. The molecule has 1 heterocycles. The summed E-state index contributed by atoms with van der Waals surface area (Å²) in [6, 6.07) is 1.98. The summed E-state index contributed by atoms with van der Waals surface area (Å²) in [5, 5.41) is 13.7. The molecule has 1 aromatic rings. The SMILES string of the molecule is Cc1cc(C)nc(SC2CCCCCC/C2=N/O)n1. The fraction of sp³-hybridized carbons (Fsp3) is 0.643. The number of hydrogen-bond donors (Lipinski definition) is 1. The van der Waals surface area contributed by atoms with Gasteiger partial charge in [0.2, 0.25) is 0 Å². The van der Waals surface area contributed by atoms with Crippen molar-refractivity contribution in [3.05, 3.63) is 17.5 Å². The topological polar surface area (TPSA) is 58.4 Å². The van der Waals surface area contributed by atoms with Gasteiger partial charge in [-0.25, -0.2) is 9.97 Å². The van der Waals surface area contributed by atoms with E-state index in [9.17, 15) is 5.21 Å². The summed E-state index contributed by atoms with van der Waals surface area (Å²) in [7, 11) is 0. The molecule has 1 aliphatic rings. The molecule has 0 bridgehead atoms. The van der Waals surface area contributed by atoms with E-state index in [1.807, 2.05) is 19.9 Å². The molecule has 1 aliphatic carbocycles. The minimum Gasteiger partial charge on any atom is -0.411 e. The predicted molar refractivity (Wildman–Crippen MR) is 78.1 cm³/mol. The van der Waals surface area contributed by atoms with Gasteiger partial charge in [0.05, 0.1) is 11.0 Å². The van der Waals surface area contributed by atoms with E-state index >= 15 is 0 Å². The van der Waals surface area contributed by atoms with Crippen LogP contribution < -0.4 is 0 Å². The summed E-state index contributed by atoms with van der Waals surface area (Å²) in [5.74, 6) is 0. The largest absolute Gasteiger partial charge is 0.411 e. The Kier molecular flexibility index (Phi) is 5.19. The lowest BCUT2D eigenvalue weighted by molar-refractivity contribution is 0.315. The zero-order valence-corrected chi connectivity index (χ0v) is 12.4. The van der Waals surface area contributed by atoms with Gasteiger partial charge in [-0.3, -0.25) is 0 Å². The molecule has 1 saturated carbocycles. The van der Waals surface area contributed by atoms with E-state index in [2.05, 4.69) is 15.1 Å². The van der Waals surface area contributed by atoms with Gasteiger partial charge in [0.15, 0.2) is 5.16 Å². The highest BCUT2D eigenvalue weighted by atomic mass is 32.2.